The zero-order valence-electron chi connectivity index (χ0n) is 17.8. The molecule has 4 nitrogen and oxygen atoms in total. The van der Waals surface area contributed by atoms with Gasteiger partial charge in [0.15, 0.2) is 0 Å². The number of hydrogen-bond acceptors (Lipinski definition) is 4. The fourth-order valence-electron chi connectivity index (χ4n) is 4.06. The minimum Gasteiger partial charge on any atom is -0.506 e. The minimum absolute atomic E-state index is 0.132. The summed E-state index contributed by atoms with van der Waals surface area (Å²) in [4.78, 5) is 0. The standard InChI is InChI=1S/C24H27BrO4Si/c1-27-20-12-16(28-13-15-8-6-5-7-9-15)10-18-21(20)23(26)22(25)19-11-17(29-24(18)19)14-30(2,3)4/h5-10,12,17,26H,11,13-14H2,1-4H3. The Hall–Kier alpha value is -2.18. The normalized spacial score (nSPS) is 15.7. The lowest BCUT2D eigenvalue weighted by molar-refractivity contribution is 0.255. The lowest BCUT2D eigenvalue weighted by Gasteiger charge is -2.21. The Morgan fingerprint density at radius 3 is 2.57 bits per heavy atom. The number of ether oxygens (including phenoxy) is 3. The molecule has 0 spiro atoms. The molecule has 158 valence electrons. The summed E-state index contributed by atoms with van der Waals surface area (Å²) < 4.78 is 18.8. The first-order valence-corrected chi connectivity index (χ1v) is 14.7. The molecule has 1 N–H and O–H groups in total. The Kier molecular flexibility index (Phi) is 5.73. The molecule has 0 aliphatic carbocycles. The zero-order chi connectivity index (χ0) is 21.5. The quantitative estimate of drug-likeness (QED) is 0.401. The Labute approximate surface area is 186 Å². The number of benzene rings is 3. The molecular formula is C24H27BrO4Si. The van der Waals surface area contributed by atoms with E-state index in [-0.39, 0.29) is 11.9 Å². The summed E-state index contributed by atoms with van der Waals surface area (Å²) in [5, 5.41) is 12.4. The topological polar surface area (TPSA) is 47.9 Å². The van der Waals surface area contributed by atoms with Gasteiger partial charge < -0.3 is 19.3 Å². The van der Waals surface area contributed by atoms with E-state index in [0.717, 1.165) is 34.7 Å². The van der Waals surface area contributed by atoms with Gasteiger partial charge in [0.1, 0.15) is 35.7 Å². The molecule has 3 aromatic rings. The SMILES string of the molecule is COc1cc(OCc2ccccc2)cc2c3c(c(Br)c(O)c12)CC(C[Si](C)(C)C)O3. The molecule has 0 amide bonds. The van der Waals surface area contributed by atoms with Crippen molar-refractivity contribution in [2.45, 2.75) is 44.8 Å². The first-order chi connectivity index (χ1) is 14.3. The first kappa shape index (κ1) is 21.1. The summed E-state index contributed by atoms with van der Waals surface area (Å²) in [6.45, 7) is 7.51. The average Bonchev–Trinajstić information content (AvgIpc) is 3.12. The van der Waals surface area contributed by atoms with Gasteiger partial charge in [0, 0.05) is 31.5 Å². The van der Waals surface area contributed by atoms with Gasteiger partial charge >= 0.3 is 0 Å². The number of aromatic hydroxyl groups is 1. The van der Waals surface area contributed by atoms with Crippen LogP contribution in [0.25, 0.3) is 10.8 Å². The summed E-state index contributed by atoms with van der Waals surface area (Å²) in [6, 6.07) is 14.9. The van der Waals surface area contributed by atoms with Gasteiger partial charge in [0.05, 0.1) is 17.0 Å². The van der Waals surface area contributed by atoms with Crippen LogP contribution in [0.1, 0.15) is 11.1 Å². The summed E-state index contributed by atoms with van der Waals surface area (Å²) >= 11 is 3.60. The van der Waals surface area contributed by atoms with E-state index in [1.165, 1.54) is 0 Å². The van der Waals surface area contributed by atoms with E-state index in [1.807, 2.05) is 42.5 Å². The molecule has 0 saturated heterocycles. The number of phenols is 1. The third-order valence-corrected chi connectivity index (χ3v) is 7.86. The molecule has 0 saturated carbocycles. The second-order valence-electron chi connectivity index (χ2n) is 9.00. The zero-order valence-corrected chi connectivity index (χ0v) is 20.4. The van der Waals surface area contributed by atoms with Crippen LogP contribution >= 0.6 is 15.9 Å². The second kappa shape index (κ2) is 8.15. The molecule has 1 aliphatic heterocycles. The fraction of sp³-hybridized carbons (Fsp3) is 0.333. The van der Waals surface area contributed by atoms with Gasteiger partial charge in [-0.3, -0.25) is 0 Å². The largest absolute Gasteiger partial charge is 0.506 e. The van der Waals surface area contributed by atoms with Crippen LogP contribution in [0, 0.1) is 0 Å². The number of fused-ring (bicyclic) bond motifs is 3. The van der Waals surface area contributed by atoms with Gasteiger partial charge in [-0.25, -0.2) is 0 Å². The Morgan fingerprint density at radius 1 is 1.17 bits per heavy atom. The van der Waals surface area contributed by atoms with Crippen LogP contribution in [0.4, 0.5) is 0 Å². The molecule has 0 fully saturated rings. The third kappa shape index (κ3) is 4.16. The van der Waals surface area contributed by atoms with Crippen molar-refractivity contribution in [2.75, 3.05) is 7.11 Å². The molecule has 1 aliphatic rings. The smallest absolute Gasteiger partial charge is 0.141 e. The van der Waals surface area contributed by atoms with Crippen molar-refractivity contribution < 1.29 is 19.3 Å². The van der Waals surface area contributed by atoms with E-state index in [2.05, 4.69) is 35.6 Å². The number of hydrogen-bond donors (Lipinski definition) is 1. The molecule has 0 bridgehead atoms. The van der Waals surface area contributed by atoms with Crippen LogP contribution in [0.2, 0.25) is 25.7 Å². The molecule has 6 heteroatoms. The molecule has 1 heterocycles. The first-order valence-electron chi connectivity index (χ1n) is 10.2. The lowest BCUT2D eigenvalue weighted by atomic mass is 10.0. The summed E-state index contributed by atoms with van der Waals surface area (Å²) in [7, 11) is 0.311. The minimum atomic E-state index is -1.29. The maximum atomic E-state index is 10.9. The van der Waals surface area contributed by atoms with Crippen molar-refractivity contribution in [2.24, 2.45) is 0 Å². The summed E-state index contributed by atoms with van der Waals surface area (Å²) in [5.41, 5.74) is 2.11. The predicted molar refractivity (Wildman–Crippen MR) is 127 cm³/mol. The molecule has 4 rings (SSSR count). The van der Waals surface area contributed by atoms with Crippen molar-refractivity contribution in [1.29, 1.82) is 0 Å². The van der Waals surface area contributed by atoms with Gasteiger partial charge in [0.25, 0.3) is 0 Å². The van der Waals surface area contributed by atoms with E-state index in [4.69, 9.17) is 14.2 Å². The summed E-state index contributed by atoms with van der Waals surface area (Å²) in [5.74, 6) is 2.26. The fourth-order valence-corrected chi connectivity index (χ4v) is 6.20. The number of methoxy groups -OCH3 is 1. The van der Waals surface area contributed by atoms with E-state index < -0.39 is 8.07 Å². The molecule has 1 atom stereocenters. The van der Waals surface area contributed by atoms with Crippen molar-refractivity contribution >= 4 is 34.8 Å². The van der Waals surface area contributed by atoms with Crippen molar-refractivity contribution in [3.63, 3.8) is 0 Å². The van der Waals surface area contributed by atoms with Crippen LogP contribution in [0.15, 0.2) is 46.9 Å². The highest BCUT2D eigenvalue weighted by atomic mass is 79.9. The van der Waals surface area contributed by atoms with Crippen LogP contribution < -0.4 is 14.2 Å². The lowest BCUT2D eigenvalue weighted by Crippen LogP contribution is -2.29. The monoisotopic (exact) mass is 486 g/mol. The Balaban J connectivity index is 1.76. The van der Waals surface area contributed by atoms with Gasteiger partial charge in [0.2, 0.25) is 0 Å². The molecule has 30 heavy (non-hydrogen) atoms. The second-order valence-corrected chi connectivity index (χ2v) is 15.3. The number of halogens is 1. The molecular weight excluding hydrogens is 460 g/mol. The highest BCUT2D eigenvalue weighted by molar-refractivity contribution is 9.10. The third-order valence-electron chi connectivity index (χ3n) is 5.33. The van der Waals surface area contributed by atoms with Crippen LogP contribution in [-0.2, 0) is 13.0 Å². The van der Waals surface area contributed by atoms with Crippen LogP contribution in [-0.4, -0.2) is 26.4 Å². The average molecular weight is 487 g/mol. The molecule has 1 unspecified atom stereocenters. The highest BCUT2D eigenvalue weighted by Crippen LogP contribution is 2.51. The van der Waals surface area contributed by atoms with Crippen molar-refractivity contribution in [1.82, 2.24) is 0 Å². The van der Waals surface area contributed by atoms with E-state index in [0.29, 0.717) is 28.0 Å². The van der Waals surface area contributed by atoms with Crippen molar-refractivity contribution in [3.05, 3.63) is 58.1 Å². The van der Waals surface area contributed by atoms with Gasteiger partial charge in [-0.2, -0.15) is 0 Å². The Bertz CT molecular complexity index is 1080. The molecule has 0 aromatic heterocycles. The Morgan fingerprint density at radius 2 is 1.90 bits per heavy atom. The molecule has 0 radical (unpaired) electrons. The number of phenolic OH excluding ortho intramolecular Hbond substituents is 1. The van der Waals surface area contributed by atoms with Crippen molar-refractivity contribution in [3.8, 4) is 23.0 Å². The van der Waals surface area contributed by atoms with Gasteiger partial charge in [-0.1, -0.05) is 50.0 Å². The van der Waals surface area contributed by atoms with Crippen LogP contribution in [0.5, 0.6) is 23.0 Å². The summed E-state index contributed by atoms with van der Waals surface area (Å²) in [6.07, 6.45) is 0.925. The predicted octanol–water partition coefficient (Wildman–Crippen LogP) is 6.54. The van der Waals surface area contributed by atoms with E-state index in [1.54, 1.807) is 7.11 Å². The van der Waals surface area contributed by atoms with Gasteiger partial charge in [-0.05, 0) is 33.6 Å². The number of rotatable bonds is 6. The van der Waals surface area contributed by atoms with E-state index >= 15 is 0 Å². The maximum Gasteiger partial charge on any atom is 0.141 e. The molecule has 3 aromatic carbocycles. The van der Waals surface area contributed by atoms with E-state index in [9.17, 15) is 5.11 Å². The van der Waals surface area contributed by atoms with Gasteiger partial charge in [-0.15, -0.1) is 0 Å². The maximum absolute atomic E-state index is 10.9. The van der Waals surface area contributed by atoms with Crippen LogP contribution in [0.3, 0.4) is 0 Å². The highest BCUT2D eigenvalue weighted by Gasteiger charge is 2.33.